The average molecular weight is 376 g/mol. The van der Waals surface area contributed by atoms with Gasteiger partial charge in [0, 0.05) is 36.3 Å². The quantitative estimate of drug-likeness (QED) is 0.589. The molecule has 3 rings (SSSR count). The zero-order valence-electron chi connectivity index (χ0n) is 14.4. The number of nitro benzene ring substituents is 1. The van der Waals surface area contributed by atoms with Crippen LogP contribution in [0.4, 0.5) is 14.5 Å². The lowest BCUT2D eigenvalue weighted by molar-refractivity contribution is -0.384. The fraction of sp³-hybridized carbons (Fsp3) is 0.316. The number of carbonyl (C=O) groups excluding carboxylic acids is 1. The standard InChI is InChI=1S/C19H18F2N2O4/c20-15-5-8-18(21)14(10-15)12-27-17-2-1-9-22(11-17)19(24)13-3-6-16(7-4-13)23(25)26/h3-8,10,17H,1-2,9,11-12H2. The van der Waals surface area contributed by atoms with Crippen LogP contribution in [0.1, 0.15) is 28.8 Å². The van der Waals surface area contributed by atoms with Crippen molar-refractivity contribution < 1.29 is 23.2 Å². The van der Waals surface area contributed by atoms with Crippen molar-refractivity contribution in [2.45, 2.75) is 25.6 Å². The Kier molecular flexibility index (Phi) is 5.75. The van der Waals surface area contributed by atoms with Crippen LogP contribution in [0.2, 0.25) is 0 Å². The van der Waals surface area contributed by atoms with Gasteiger partial charge in [-0.3, -0.25) is 14.9 Å². The first kappa shape index (κ1) is 18.9. The van der Waals surface area contributed by atoms with Crippen LogP contribution in [-0.2, 0) is 11.3 Å². The summed E-state index contributed by atoms with van der Waals surface area (Å²) in [5, 5.41) is 10.7. The van der Waals surface area contributed by atoms with Crippen molar-refractivity contribution in [1.82, 2.24) is 4.90 Å². The summed E-state index contributed by atoms with van der Waals surface area (Å²) in [4.78, 5) is 24.4. The lowest BCUT2D eigenvalue weighted by Crippen LogP contribution is -2.43. The monoisotopic (exact) mass is 376 g/mol. The van der Waals surface area contributed by atoms with Crippen LogP contribution in [0.5, 0.6) is 0 Å². The first-order valence-corrected chi connectivity index (χ1v) is 8.53. The van der Waals surface area contributed by atoms with Crippen LogP contribution < -0.4 is 0 Å². The van der Waals surface area contributed by atoms with Gasteiger partial charge in [-0.05, 0) is 43.2 Å². The molecule has 0 aliphatic carbocycles. The minimum absolute atomic E-state index is 0.0756. The van der Waals surface area contributed by atoms with Crippen molar-refractivity contribution >= 4 is 11.6 Å². The summed E-state index contributed by atoms with van der Waals surface area (Å²) in [6.07, 6.45) is 1.14. The van der Waals surface area contributed by atoms with E-state index in [1.54, 1.807) is 4.90 Å². The third-order valence-electron chi connectivity index (χ3n) is 4.47. The molecule has 0 radical (unpaired) electrons. The Hall–Kier alpha value is -2.87. The van der Waals surface area contributed by atoms with E-state index in [1.807, 2.05) is 0 Å². The summed E-state index contributed by atoms with van der Waals surface area (Å²) >= 11 is 0. The summed E-state index contributed by atoms with van der Waals surface area (Å²) < 4.78 is 32.6. The van der Waals surface area contributed by atoms with E-state index >= 15 is 0 Å². The van der Waals surface area contributed by atoms with Crippen molar-refractivity contribution in [1.29, 1.82) is 0 Å². The summed E-state index contributed by atoms with van der Waals surface area (Å²) in [6.45, 7) is 0.796. The second-order valence-electron chi connectivity index (χ2n) is 6.37. The number of benzene rings is 2. The van der Waals surface area contributed by atoms with E-state index in [1.165, 1.54) is 24.3 Å². The third kappa shape index (κ3) is 4.65. The summed E-state index contributed by atoms with van der Waals surface area (Å²) in [6, 6.07) is 8.62. The molecule has 1 aliphatic rings. The van der Waals surface area contributed by atoms with Gasteiger partial charge in [0.1, 0.15) is 11.6 Å². The van der Waals surface area contributed by atoms with Crippen molar-refractivity contribution in [2.24, 2.45) is 0 Å². The molecule has 142 valence electrons. The molecule has 2 aromatic rings. The van der Waals surface area contributed by atoms with E-state index in [2.05, 4.69) is 0 Å². The molecular formula is C19H18F2N2O4. The number of halogens is 2. The number of hydrogen-bond donors (Lipinski definition) is 0. The first-order valence-electron chi connectivity index (χ1n) is 8.53. The average Bonchev–Trinajstić information content (AvgIpc) is 2.68. The molecule has 1 saturated heterocycles. The largest absolute Gasteiger partial charge is 0.372 e. The molecule has 2 aromatic carbocycles. The minimum Gasteiger partial charge on any atom is -0.372 e. The molecule has 0 N–H and O–H groups in total. The van der Waals surface area contributed by atoms with Gasteiger partial charge in [-0.25, -0.2) is 8.78 Å². The number of non-ortho nitro benzene ring substituents is 1. The molecule has 0 spiro atoms. The van der Waals surface area contributed by atoms with Crippen LogP contribution in [0.25, 0.3) is 0 Å². The van der Waals surface area contributed by atoms with Gasteiger partial charge in [-0.15, -0.1) is 0 Å². The van der Waals surface area contributed by atoms with Crippen molar-refractivity contribution in [3.63, 3.8) is 0 Å². The molecule has 0 bridgehead atoms. The molecule has 1 unspecified atom stereocenters. The van der Waals surface area contributed by atoms with Crippen LogP contribution in [0, 0.1) is 21.7 Å². The van der Waals surface area contributed by atoms with Crippen molar-refractivity contribution in [2.75, 3.05) is 13.1 Å². The van der Waals surface area contributed by atoms with E-state index in [-0.39, 0.29) is 29.9 Å². The highest BCUT2D eigenvalue weighted by Crippen LogP contribution is 2.20. The van der Waals surface area contributed by atoms with Gasteiger partial charge in [0.15, 0.2) is 0 Å². The Labute approximate surface area is 154 Å². The highest BCUT2D eigenvalue weighted by atomic mass is 19.1. The van der Waals surface area contributed by atoms with Gasteiger partial charge in [0.25, 0.3) is 11.6 Å². The first-order chi connectivity index (χ1) is 12.9. The predicted molar refractivity (Wildman–Crippen MR) is 93.2 cm³/mol. The van der Waals surface area contributed by atoms with E-state index in [0.717, 1.165) is 24.6 Å². The summed E-state index contributed by atoms with van der Waals surface area (Å²) in [7, 11) is 0. The Morgan fingerprint density at radius 3 is 2.67 bits per heavy atom. The molecule has 1 aliphatic heterocycles. The molecule has 1 amide bonds. The van der Waals surface area contributed by atoms with Gasteiger partial charge in [0.05, 0.1) is 17.6 Å². The lowest BCUT2D eigenvalue weighted by Gasteiger charge is -2.32. The highest BCUT2D eigenvalue weighted by molar-refractivity contribution is 5.94. The second kappa shape index (κ2) is 8.22. The van der Waals surface area contributed by atoms with Crippen molar-refractivity contribution in [3.8, 4) is 0 Å². The van der Waals surface area contributed by atoms with E-state index in [0.29, 0.717) is 25.1 Å². The number of nitro groups is 1. The van der Waals surface area contributed by atoms with Gasteiger partial charge >= 0.3 is 0 Å². The Balaban J connectivity index is 1.60. The lowest BCUT2D eigenvalue weighted by atomic mass is 10.1. The highest BCUT2D eigenvalue weighted by Gasteiger charge is 2.25. The van der Waals surface area contributed by atoms with Crippen LogP contribution in [-0.4, -0.2) is 34.9 Å². The molecule has 0 aromatic heterocycles. The summed E-state index contributed by atoms with van der Waals surface area (Å²) in [5.74, 6) is -1.31. The zero-order valence-corrected chi connectivity index (χ0v) is 14.4. The van der Waals surface area contributed by atoms with Crippen LogP contribution in [0.3, 0.4) is 0 Å². The number of carbonyl (C=O) groups is 1. The van der Waals surface area contributed by atoms with Crippen LogP contribution in [0.15, 0.2) is 42.5 Å². The van der Waals surface area contributed by atoms with Gasteiger partial charge in [0.2, 0.25) is 0 Å². The van der Waals surface area contributed by atoms with Gasteiger partial charge in [-0.1, -0.05) is 0 Å². The number of likely N-dealkylation sites (tertiary alicyclic amines) is 1. The Morgan fingerprint density at radius 1 is 1.22 bits per heavy atom. The molecule has 6 nitrogen and oxygen atoms in total. The number of rotatable bonds is 5. The van der Waals surface area contributed by atoms with E-state index < -0.39 is 16.6 Å². The molecule has 1 heterocycles. The maximum Gasteiger partial charge on any atom is 0.269 e. The number of piperidine rings is 1. The third-order valence-corrected chi connectivity index (χ3v) is 4.47. The van der Waals surface area contributed by atoms with Gasteiger partial charge < -0.3 is 9.64 Å². The topological polar surface area (TPSA) is 72.7 Å². The fourth-order valence-electron chi connectivity index (χ4n) is 3.03. The fourth-order valence-corrected chi connectivity index (χ4v) is 3.03. The molecule has 1 fully saturated rings. The molecular weight excluding hydrogens is 358 g/mol. The van der Waals surface area contributed by atoms with Crippen molar-refractivity contribution in [3.05, 3.63) is 75.3 Å². The zero-order chi connectivity index (χ0) is 19.4. The minimum atomic E-state index is -0.536. The maximum absolute atomic E-state index is 13.7. The maximum atomic E-state index is 13.7. The van der Waals surface area contributed by atoms with Crippen LogP contribution >= 0.6 is 0 Å². The van der Waals surface area contributed by atoms with E-state index in [9.17, 15) is 23.7 Å². The number of amides is 1. The second-order valence-corrected chi connectivity index (χ2v) is 6.37. The van der Waals surface area contributed by atoms with Gasteiger partial charge in [-0.2, -0.15) is 0 Å². The number of ether oxygens (including phenoxy) is 1. The SMILES string of the molecule is O=C(c1ccc([N+](=O)[O-])cc1)N1CCCC(OCc2cc(F)ccc2F)C1. The normalized spacial score (nSPS) is 17.0. The molecule has 1 atom stereocenters. The summed E-state index contributed by atoms with van der Waals surface area (Å²) in [5.41, 5.74) is 0.412. The Morgan fingerprint density at radius 2 is 1.96 bits per heavy atom. The number of hydrogen-bond acceptors (Lipinski definition) is 4. The number of nitrogens with zero attached hydrogens (tertiary/aromatic N) is 2. The Bertz CT molecular complexity index is 842. The predicted octanol–water partition coefficient (Wildman–Crippen LogP) is 3.69. The molecule has 0 saturated carbocycles. The van der Waals surface area contributed by atoms with E-state index in [4.69, 9.17) is 4.74 Å². The molecule has 8 heteroatoms. The smallest absolute Gasteiger partial charge is 0.269 e. The molecule has 27 heavy (non-hydrogen) atoms.